The largest absolute Gasteiger partial charge is 0.497 e. The number of nitrogens with zero attached hydrogens (tertiary/aromatic N) is 1. The van der Waals surface area contributed by atoms with E-state index in [4.69, 9.17) is 19.0 Å². The molecule has 0 aromatic heterocycles. The van der Waals surface area contributed by atoms with E-state index >= 15 is 0 Å². The normalized spacial score (nSPS) is 18.1. The maximum atomic E-state index is 12.5. The fourth-order valence-corrected chi connectivity index (χ4v) is 2.33. The lowest BCUT2D eigenvalue weighted by Gasteiger charge is -2.26. The van der Waals surface area contributed by atoms with Gasteiger partial charge in [0.1, 0.15) is 5.75 Å². The fraction of sp³-hybridized carbons (Fsp3) is 0.438. The first-order chi connectivity index (χ1) is 11.1. The predicted octanol–water partition coefficient (Wildman–Crippen LogP) is 1.86. The van der Waals surface area contributed by atoms with Gasteiger partial charge in [-0.3, -0.25) is 9.59 Å². The Labute approximate surface area is 134 Å². The van der Waals surface area contributed by atoms with Gasteiger partial charge in [-0.25, -0.2) is 0 Å². The van der Waals surface area contributed by atoms with Crippen LogP contribution in [0.5, 0.6) is 5.75 Å². The van der Waals surface area contributed by atoms with Crippen molar-refractivity contribution >= 4 is 18.2 Å². The standard InChI is InChI=1S/C16H19NO6/c1-4-21-14(18)16(15(19)22-5-2)10-17-23-13(16)11-6-8-12(20-3)9-7-11/h6-10,13H,4-5H2,1-3H3. The molecule has 0 saturated heterocycles. The van der Waals surface area contributed by atoms with Crippen molar-refractivity contribution < 1.29 is 28.6 Å². The number of hydrogen-bond donors (Lipinski definition) is 0. The van der Waals surface area contributed by atoms with Gasteiger partial charge in [0.2, 0.25) is 5.41 Å². The average Bonchev–Trinajstić information content (AvgIpc) is 3.01. The first kappa shape index (κ1) is 16.8. The zero-order chi connectivity index (χ0) is 16.9. The van der Waals surface area contributed by atoms with Crippen LogP contribution in [0.25, 0.3) is 0 Å². The first-order valence-corrected chi connectivity index (χ1v) is 7.28. The summed E-state index contributed by atoms with van der Waals surface area (Å²) < 4.78 is 15.2. The van der Waals surface area contributed by atoms with Crippen LogP contribution in [0.2, 0.25) is 0 Å². The Morgan fingerprint density at radius 1 is 1.13 bits per heavy atom. The Kier molecular flexibility index (Phi) is 5.20. The lowest BCUT2D eigenvalue weighted by molar-refractivity contribution is -0.173. The minimum Gasteiger partial charge on any atom is -0.497 e. The van der Waals surface area contributed by atoms with E-state index in [1.807, 2.05) is 0 Å². The minimum absolute atomic E-state index is 0.128. The van der Waals surface area contributed by atoms with Crippen molar-refractivity contribution in [1.82, 2.24) is 0 Å². The van der Waals surface area contributed by atoms with Crippen molar-refractivity contribution in [2.75, 3.05) is 20.3 Å². The molecule has 1 aliphatic heterocycles. The molecule has 1 atom stereocenters. The zero-order valence-corrected chi connectivity index (χ0v) is 13.3. The molecule has 23 heavy (non-hydrogen) atoms. The highest BCUT2D eigenvalue weighted by Crippen LogP contribution is 2.42. The number of ether oxygens (including phenoxy) is 3. The maximum Gasteiger partial charge on any atom is 0.333 e. The van der Waals surface area contributed by atoms with E-state index in [1.54, 1.807) is 45.2 Å². The Morgan fingerprint density at radius 3 is 2.17 bits per heavy atom. The Bertz CT molecular complexity index is 577. The molecule has 0 fully saturated rings. The Morgan fingerprint density at radius 2 is 1.70 bits per heavy atom. The van der Waals surface area contributed by atoms with Crippen LogP contribution >= 0.6 is 0 Å². The van der Waals surface area contributed by atoms with Crippen LogP contribution < -0.4 is 4.74 Å². The molecule has 0 spiro atoms. The molecular formula is C16H19NO6. The molecule has 1 aliphatic rings. The number of hydrogen-bond acceptors (Lipinski definition) is 7. The summed E-state index contributed by atoms with van der Waals surface area (Å²) in [4.78, 5) is 30.2. The summed E-state index contributed by atoms with van der Waals surface area (Å²) in [7, 11) is 1.55. The van der Waals surface area contributed by atoms with Gasteiger partial charge < -0.3 is 19.0 Å². The highest BCUT2D eigenvalue weighted by molar-refractivity contribution is 6.16. The second kappa shape index (κ2) is 7.13. The number of benzene rings is 1. The number of carbonyl (C=O) groups is 2. The molecule has 0 saturated carbocycles. The van der Waals surface area contributed by atoms with E-state index in [0.29, 0.717) is 11.3 Å². The van der Waals surface area contributed by atoms with Crippen molar-refractivity contribution in [3.63, 3.8) is 0 Å². The van der Waals surface area contributed by atoms with Crippen molar-refractivity contribution in [3.05, 3.63) is 29.8 Å². The molecule has 0 radical (unpaired) electrons. The molecule has 0 amide bonds. The monoisotopic (exact) mass is 321 g/mol. The van der Waals surface area contributed by atoms with Crippen LogP contribution in [-0.4, -0.2) is 38.5 Å². The first-order valence-electron chi connectivity index (χ1n) is 7.28. The summed E-state index contributed by atoms with van der Waals surface area (Å²) in [5.41, 5.74) is -1.16. The molecule has 1 aromatic rings. The Balaban J connectivity index is 2.43. The van der Waals surface area contributed by atoms with Gasteiger partial charge in [0.15, 0.2) is 6.10 Å². The van der Waals surface area contributed by atoms with E-state index in [0.717, 1.165) is 6.21 Å². The van der Waals surface area contributed by atoms with Gasteiger partial charge in [-0.05, 0) is 31.5 Å². The third kappa shape index (κ3) is 2.99. The van der Waals surface area contributed by atoms with Gasteiger partial charge in [0.05, 0.1) is 26.5 Å². The van der Waals surface area contributed by atoms with E-state index in [9.17, 15) is 9.59 Å². The molecule has 2 rings (SSSR count). The molecule has 7 nitrogen and oxygen atoms in total. The summed E-state index contributed by atoms with van der Waals surface area (Å²) in [5, 5.41) is 3.69. The van der Waals surface area contributed by atoms with Crippen LogP contribution in [0.15, 0.2) is 29.4 Å². The predicted molar refractivity (Wildman–Crippen MR) is 81.0 cm³/mol. The van der Waals surface area contributed by atoms with Gasteiger partial charge in [-0.1, -0.05) is 17.3 Å². The van der Waals surface area contributed by atoms with Crippen LogP contribution in [0.3, 0.4) is 0 Å². The molecule has 0 aliphatic carbocycles. The van der Waals surface area contributed by atoms with Gasteiger partial charge >= 0.3 is 11.9 Å². The highest BCUT2D eigenvalue weighted by Gasteiger charge is 2.59. The van der Waals surface area contributed by atoms with Crippen molar-refractivity contribution in [2.45, 2.75) is 20.0 Å². The van der Waals surface area contributed by atoms with Crippen molar-refractivity contribution in [3.8, 4) is 5.75 Å². The average molecular weight is 321 g/mol. The van der Waals surface area contributed by atoms with Gasteiger partial charge in [-0.15, -0.1) is 0 Å². The third-order valence-electron chi connectivity index (χ3n) is 3.48. The summed E-state index contributed by atoms with van der Waals surface area (Å²) in [6, 6.07) is 6.81. The number of carbonyl (C=O) groups excluding carboxylic acids is 2. The summed E-state index contributed by atoms with van der Waals surface area (Å²) in [6.07, 6.45) is 0.198. The number of esters is 2. The summed E-state index contributed by atoms with van der Waals surface area (Å²) in [6.45, 7) is 3.57. The van der Waals surface area contributed by atoms with Crippen LogP contribution in [0.1, 0.15) is 25.5 Å². The van der Waals surface area contributed by atoms with Gasteiger partial charge in [-0.2, -0.15) is 0 Å². The van der Waals surface area contributed by atoms with Crippen LogP contribution in [-0.2, 0) is 23.9 Å². The second-order valence-corrected chi connectivity index (χ2v) is 4.80. The minimum atomic E-state index is -1.75. The van der Waals surface area contributed by atoms with Gasteiger partial charge in [0, 0.05) is 0 Å². The molecule has 124 valence electrons. The molecular weight excluding hydrogens is 302 g/mol. The lowest BCUT2D eigenvalue weighted by Crippen LogP contribution is -2.46. The Hall–Kier alpha value is -2.57. The molecule has 7 heteroatoms. The molecule has 1 unspecified atom stereocenters. The smallest absolute Gasteiger partial charge is 0.333 e. The third-order valence-corrected chi connectivity index (χ3v) is 3.48. The molecule has 0 bridgehead atoms. The van der Waals surface area contributed by atoms with Crippen molar-refractivity contribution in [1.29, 1.82) is 0 Å². The topological polar surface area (TPSA) is 83.4 Å². The summed E-state index contributed by atoms with van der Waals surface area (Å²) >= 11 is 0. The fourth-order valence-electron chi connectivity index (χ4n) is 2.33. The van der Waals surface area contributed by atoms with Crippen LogP contribution in [0.4, 0.5) is 0 Å². The number of rotatable bonds is 6. The molecule has 1 aromatic carbocycles. The quantitative estimate of drug-likeness (QED) is 0.587. The van der Waals surface area contributed by atoms with Crippen molar-refractivity contribution in [2.24, 2.45) is 10.6 Å². The lowest BCUT2D eigenvalue weighted by atomic mass is 9.80. The number of oxime groups is 1. The second-order valence-electron chi connectivity index (χ2n) is 4.80. The van der Waals surface area contributed by atoms with Gasteiger partial charge in [0.25, 0.3) is 0 Å². The summed E-state index contributed by atoms with van der Waals surface area (Å²) in [5.74, 6) is -0.855. The molecule has 0 N–H and O–H groups in total. The number of methoxy groups -OCH3 is 1. The van der Waals surface area contributed by atoms with E-state index < -0.39 is 23.5 Å². The zero-order valence-electron chi connectivity index (χ0n) is 13.3. The van der Waals surface area contributed by atoms with E-state index in [1.165, 1.54) is 0 Å². The SMILES string of the molecule is CCOC(=O)C1(C(=O)OCC)C=NOC1c1ccc(OC)cc1. The van der Waals surface area contributed by atoms with E-state index in [2.05, 4.69) is 5.16 Å². The van der Waals surface area contributed by atoms with E-state index in [-0.39, 0.29) is 13.2 Å². The highest BCUT2D eigenvalue weighted by atomic mass is 16.7. The maximum absolute atomic E-state index is 12.5. The molecule has 1 heterocycles. The van der Waals surface area contributed by atoms with Crippen LogP contribution in [0, 0.1) is 5.41 Å².